The third kappa shape index (κ3) is 18.7. The minimum absolute atomic E-state index is 0.0422. The molecule has 20 nitrogen and oxygen atoms in total. The molecule has 0 saturated heterocycles. The van der Waals surface area contributed by atoms with Gasteiger partial charge >= 0.3 is 0 Å². The number of hydrogen-bond acceptors (Lipinski definition) is 12. The fraction of sp³-hybridized carbons (Fsp3) is 0.724. The van der Waals surface area contributed by atoms with E-state index in [1.807, 2.05) is 0 Å². The number of guanidine groups is 1. The summed E-state index contributed by atoms with van der Waals surface area (Å²) in [7, 11) is 1.73. The van der Waals surface area contributed by atoms with Crippen LogP contribution in [0.4, 0.5) is 0 Å². The summed E-state index contributed by atoms with van der Waals surface area (Å²) in [6.45, 7) is 4.64. The van der Waals surface area contributed by atoms with E-state index in [2.05, 4.69) is 36.9 Å². The van der Waals surface area contributed by atoms with Crippen molar-refractivity contribution in [3.8, 4) is 0 Å². The minimum Gasteiger partial charge on any atom is -0.391 e. The van der Waals surface area contributed by atoms with Gasteiger partial charge < -0.3 is 69.8 Å². The number of rotatable bonds is 25. The number of aliphatic imine (C=N–C) groups is 1. The van der Waals surface area contributed by atoms with Crippen LogP contribution in [0.25, 0.3) is 0 Å². The molecule has 0 unspecified atom stereocenters. The van der Waals surface area contributed by atoms with E-state index in [-0.39, 0.29) is 44.6 Å². The van der Waals surface area contributed by atoms with Crippen LogP contribution in [-0.2, 0) is 33.6 Å². The molecule has 0 fully saturated rings. The summed E-state index contributed by atoms with van der Waals surface area (Å²) in [5.74, 6) is -5.11. The van der Waals surface area contributed by atoms with E-state index in [0.29, 0.717) is 25.7 Å². The molecule has 0 saturated carbocycles. The predicted octanol–water partition coefficient (Wildman–Crippen LogP) is -5.57. The molecule has 0 rings (SSSR count). The lowest BCUT2D eigenvalue weighted by Crippen LogP contribution is -2.61. The molecule has 0 aliphatic carbocycles. The van der Waals surface area contributed by atoms with Crippen LogP contribution < -0.4 is 54.8 Å². The Morgan fingerprint density at radius 3 is 1.69 bits per heavy atom. The minimum atomic E-state index is -1.60. The van der Waals surface area contributed by atoms with Crippen LogP contribution >= 0.6 is 0 Å². The third-order valence-corrected chi connectivity index (χ3v) is 7.14. The van der Waals surface area contributed by atoms with E-state index in [4.69, 9.17) is 22.9 Å². The molecule has 8 atom stereocenters. The number of carbonyl (C=O) groups excluding carboxylic acids is 7. The largest absolute Gasteiger partial charge is 0.391 e. The molecule has 280 valence electrons. The Hall–Kier alpha value is -4.40. The van der Waals surface area contributed by atoms with Crippen LogP contribution in [0.1, 0.15) is 65.7 Å². The smallest absolute Gasteiger partial charge is 0.245 e. The summed E-state index contributed by atoms with van der Waals surface area (Å²) in [5.41, 5.74) is 21.5. The van der Waals surface area contributed by atoms with Gasteiger partial charge in [0.05, 0.1) is 18.2 Å². The number of nitrogens with one attached hydrogen (secondary N) is 6. The van der Waals surface area contributed by atoms with Gasteiger partial charge in [0.15, 0.2) is 5.96 Å². The van der Waals surface area contributed by atoms with Crippen molar-refractivity contribution in [1.82, 2.24) is 31.9 Å². The number of primary amides is 1. The van der Waals surface area contributed by atoms with Crippen molar-refractivity contribution in [2.75, 3.05) is 20.1 Å². The highest BCUT2D eigenvalue weighted by Gasteiger charge is 2.34. The Labute approximate surface area is 285 Å². The number of carbonyl (C=O) groups is 7. The molecular weight excluding hydrogens is 646 g/mol. The molecule has 49 heavy (non-hydrogen) atoms. The Morgan fingerprint density at radius 2 is 1.20 bits per heavy atom. The lowest BCUT2D eigenvalue weighted by Gasteiger charge is -2.28. The number of nitrogens with zero attached hydrogens (tertiary/aromatic N) is 1. The molecule has 0 spiro atoms. The van der Waals surface area contributed by atoms with E-state index in [9.17, 15) is 43.8 Å². The molecule has 0 aliphatic rings. The van der Waals surface area contributed by atoms with Crippen molar-refractivity contribution in [3.63, 3.8) is 0 Å². The number of nitrogens with two attached hydrogens (primary N) is 4. The molecule has 0 heterocycles. The maximum atomic E-state index is 13.5. The van der Waals surface area contributed by atoms with Crippen molar-refractivity contribution >= 4 is 47.7 Å². The molecule has 0 bridgehead atoms. The molecule has 0 aromatic rings. The van der Waals surface area contributed by atoms with E-state index in [1.54, 1.807) is 7.05 Å². The zero-order chi connectivity index (χ0) is 37.7. The summed E-state index contributed by atoms with van der Waals surface area (Å²) in [5, 5.41) is 35.3. The third-order valence-electron chi connectivity index (χ3n) is 7.14. The molecule has 20 heteroatoms. The first-order chi connectivity index (χ1) is 22.9. The highest BCUT2D eigenvalue weighted by Crippen LogP contribution is 2.08. The summed E-state index contributed by atoms with van der Waals surface area (Å²) >= 11 is 0. The van der Waals surface area contributed by atoms with Gasteiger partial charge in [0.2, 0.25) is 35.4 Å². The van der Waals surface area contributed by atoms with Crippen molar-refractivity contribution in [2.24, 2.45) is 27.9 Å². The van der Waals surface area contributed by atoms with Crippen LogP contribution in [-0.4, -0.2) is 126 Å². The van der Waals surface area contributed by atoms with Gasteiger partial charge in [0.1, 0.15) is 36.5 Å². The highest BCUT2D eigenvalue weighted by molar-refractivity contribution is 5.96. The quantitative estimate of drug-likeness (QED) is 0.0183. The van der Waals surface area contributed by atoms with Crippen LogP contribution in [0, 0.1) is 0 Å². The maximum absolute atomic E-state index is 13.5. The second kappa shape index (κ2) is 23.8. The molecule has 0 aliphatic heterocycles. The van der Waals surface area contributed by atoms with Gasteiger partial charge in [-0.25, -0.2) is 0 Å². The molecule has 6 amide bonds. The van der Waals surface area contributed by atoms with Gasteiger partial charge in [-0.15, -0.1) is 0 Å². The number of unbranched alkanes of at least 4 members (excludes halogenated alkanes) is 1. The first-order valence-corrected chi connectivity index (χ1v) is 16.0. The SMILES string of the molecule is CNCCCC[C@H](NC(=O)[C@@H](NC(=O)[C@H](CCCN=C(N)N)NC(=O)[C@H](C)N)[C@@H](C)O)C(=O)N[C@@H](CCC(N)=O)C(=O)N[C@H](C=O)[C@@H](C)O. The summed E-state index contributed by atoms with van der Waals surface area (Å²) in [6.07, 6.45) is -1.64. The Morgan fingerprint density at radius 1 is 0.694 bits per heavy atom. The van der Waals surface area contributed by atoms with Gasteiger partial charge in [-0.2, -0.15) is 0 Å². The van der Waals surface area contributed by atoms with E-state index < -0.39 is 83.9 Å². The zero-order valence-electron chi connectivity index (χ0n) is 28.6. The molecule has 16 N–H and O–H groups in total. The number of amides is 6. The first-order valence-electron chi connectivity index (χ1n) is 16.0. The average molecular weight is 702 g/mol. The second-order valence-electron chi connectivity index (χ2n) is 11.7. The predicted molar refractivity (Wildman–Crippen MR) is 179 cm³/mol. The Bertz CT molecular complexity index is 1130. The van der Waals surface area contributed by atoms with Crippen molar-refractivity contribution < 1.29 is 43.8 Å². The van der Waals surface area contributed by atoms with E-state index >= 15 is 0 Å². The second-order valence-corrected chi connectivity index (χ2v) is 11.7. The maximum Gasteiger partial charge on any atom is 0.245 e. The van der Waals surface area contributed by atoms with Crippen LogP contribution in [0.15, 0.2) is 4.99 Å². The summed E-state index contributed by atoms with van der Waals surface area (Å²) < 4.78 is 0. The fourth-order valence-corrected chi connectivity index (χ4v) is 4.28. The van der Waals surface area contributed by atoms with Crippen LogP contribution in [0.5, 0.6) is 0 Å². The summed E-state index contributed by atoms with van der Waals surface area (Å²) in [6, 6.07) is -7.74. The molecule has 0 radical (unpaired) electrons. The van der Waals surface area contributed by atoms with E-state index in [0.717, 1.165) is 0 Å². The van der Waals surface area contributed by atoms with Crippen molar-refractivity contribution in [1.29, 1.82) is 0 Å². The number of hydrogen-bond donors (Lipinski definition) is 12. The molecule has 0 aromatic carbocycles. The molecule has 0 aromatic heterocycles. The van der Waals surface area contributed by atoms with Crippen LogP contribution in [0.2, 0.25) is 0 Å². The zero-order valence-corrected chi connectivity index (χ0v) is 28.6. The van der Waals surface area contributed by atoms with Gasteiger partial charge in [-0.05, 0) is 72.9 Å². The van der Waals surface area contributed by atoms with Gasteiger partial charge in [-0.1, -0.05) is 0 Å². The number of aldehydes is 1. The highest BCUT2D eigenvalue weighted by atomic mass is 16.3. The Balaban J connectivity index is 6.13. The average Bonchev–Trinajstić information content (AvgIpc) is 3.02. The monoisotopic (exact) mass is 701 g/mol. The Kier molecular flexibility index (Phi) is 21.7. The first kappa shape index (κ1) is 44.6. The standard InChI is InChI=1S/C29H55N11O9/c1-15(30)24(45)36-19(9-7-13-35-29(32)33)27(48)40-23(17(3)43)28(49)38-18(8-5-6-12-34-4)25(46)37-20(10-11-22(31)44)26(47)39-21(14-41)16(2)42/h14-21,23,34,42-43H,5-13,30H2,1-4H3,(H2,31,44)(H,36,45)(H,37,46)(H,38,49)(H,39,47)(H,40,48)(H4,32,33,35)/t15-,16+,17+,18-,19-,20-,21+,23-/m0/s1. The lowest BCUT2D eigenvalue weighted by molar-refractivity contribution is -0.136. The topological polar surface area (TPSA) is 349 Å². The number of aliphatic hydroxyl groups is 2. The van der Waals surface area contributed by atoms with Gasteiger partial charge in [0, 0.05) is 13.0 Å². The fourth-order valence-electron chi connectivity index (χ4n) is 4.28. The van der Waals surface area contributed by atoms with Crippen molar-refractivity contribution in [2.45, 2.75) is 114 Å². The van der Waals surface area contributed by atoms with Gasteiger partial charge in [-0.3, -0.25) is 33.8 Å². The van der Waals surface area contributed by atoms with Crippen molar-refractivity contribution in [3.05, 3.63) is 0 Å². The van der Waals surface area contributed by atoms with E-state index in [1.165, 1.54) is 20.8 Å². The number of aliphatic hydroxyl groups excluding tert-OH is 2. The summed E-state index contributed by atoms with van der Waals surface area (Å²) in [4.78, 5) is 92.1. The van der Waals surface area contributed by atoms with Gasteiger partial charge in [0.25, 0.3) is 0 Å². The molecular formula is C29H55N11O9. The normalized spacial score (nSPS) is 15.8. The lowest BCUT2D eigenvalue weighted by atomic mass is 10.0. The van der Waals surface area contributed by atoms with Crippen LogP contribution in [0.3, 0.4) is 0 Å².